The zero-order valence-corrected chi connectivity index (χ0v) is 10.4. The van der Waals surface area contributed by atoms with Crippen LogP contribution in [0.2, 0.25) is 0 Å². The lowest BCUT2D eigenvalue weighted by Gasteiger charge is -2.28. The molecular formula is C11H12ClFO2S. The summed E-state index contributed by atoms with van der Waals surface area (Å²) >= 11 is 0. The van der Waals surface area contributed by atoms with E-state index in [-0.39, 0.29) is 4.90 Å². The van der Waals surface area contributed by atoms with Gasteiger partial charge in [-0.25, -0.2) is 12.8 Å². The zero-order valence-electron chi connectivity index (χ0n) is 8.83. The van der Waals surface area contributed by atoms with Gasteiger partial charge in [0.05, 0.1) is 4.90 Å². The lowest BCUT2D eigenvalue weighted by molar-refractivity contribution is 0.161. The van der Waals surface area contributed by atoms with E-state index in [0.717, 1.165) is 18.4 Å². The minimum absolute atomic E-state index is 0.0290. The first-order chi connectivity index (χ1) is 7.31. The molecule has 0 N–H and O–H groups in total. The molecule has 0 spiro atoms. The Hall–Kier alpha value is -0.610. The fourth-order valence-corrected chi connectivity index (χ4v) is 2.93. The molecule has 0 bridgehead atoms. The van der Waals surface area contributed by atoms with E-state index in [2.05, 4.69) is 0 Å². The second-order valence-electron chi connectivity index (χ2n) is 4.31. The predicted molar refractivity (Wildman–Crippen MR) is 60.9 cm³/mol. The molecule has 1 atom stereocenters. The highest BCUT2D eigenvalue weighted by Crippen LogP contribution is 2.39. The van der Waals surface area contributed by atoms with Gasteiger partial charge in [0.15, 0.2) is 0 Å². The third-order valence-electron chi connectivity index (χ3n) is 3.02. The summed E-state index contributed by atoms with van der Waals surface area (Å²) < 4.78 is 36.5. The van der Waals surface area contributed by atoms with Gasteiger partial charge >= 0.3 is 0 Å². The Balaban J connectivity index is 2.60. The van der Waals surface area contributed by atoms with Crippen LogP contribution in [0.4, 0.5) is 4.39 Å². The molecule has 0 fully saturated rings. The Kier molecular flexibility index (Phi) is 2.75. The summed E-state index contributed by atoms with van der Waals surface area (Å²) in [7, 11) is 1.46. The van der Waals surface area contributed by atoms with Crippen molar-refractivity contribution >= 4 is 19.7 Å². The van der Waals surface area contributed by atoms with Gasteiger partial charge in [0.2, 0.25) is 0 Å². The highest BCUT2D eigenvalue weighted by atomic mass is 35.7. The largest absolute Gasteiger partial charge is 0.261 e. The molecule has 1 aromatic carbocycles. The van der Waals surface area contributed by atoms with Crippen molar-refractivity contribution in [3.05, 3.63) is 29.3 Å². The molecule has 1 aromatic rings. The molecule has 0 saturated heterocycles. The van der Waals surface area contributed by atoms with Gasteiger partial charge in [0.25, 0.3) is 9.05 Å². The van der Waals surface area contributed by atoms with Crippen LogP contribution in [0.1, 0.15) is 30.9 Å². The van der Waals surface area contributed by atoms with E-state index in [1.54, 1.807) is 6.07 Å². The first kappa shape index (κ1) is 11.9. The summed E-state index contributed by atoms with van der Waals surface area (Å²) in [6, 6.07) is 4.45. The van der Waals surface area contributed by atoms with Crippen LogP contribution >= 0.6 is 10.7 Å². The van der Waals surface area contributed by atoms with Crippen LogP contribution in [-0.2, 0) is 21.1 Å². The maximum atomic E-state index is 14.2. The van der Waals surface area contributed by atoms with Crippen molar-refractivity contribution in [1.82, 2.24) is 0 Å². The number of halogens is 2. The van der Waals surface area contributed by atoms with E-state index in [4.69, 9.17) is 10.7 Å². The second kappa shape index (κ2) is 3.70. The maximum absolute atomic E-state index is 14.2. The Bertz CT molecular complexity index is 523. The Morgan fingerprint density at radius 3 is 2.75 bits per heavy atom. The summed E-state index contributed by atoms with van der Waals surface area (Å²) in [4.78, 5) is -0.0290. The third-order valence-corrected chi connectivity index (χ3v) is 4.37. The van der Waals surface area contributed by atoms with Crippen LogP contribution < -0.4 is 0 Å². The van der Waals surface area contributed by atoms with Crippen molar-refractivity contribution in [2.75, 3.05) is 0 Å². The van der Waals surface area contributed by atoms with Gasteiger partial charge in [-0.2, -0.15) is 0 Å². The number of hydrogen-bond donors (Lipinski definition) is 0. The van der Waals surface area contributed by atoms with Gasteiger partial charge in [-0.1, -0.05) is 6.07 Å². The average Bonchev–Trinajstić information content (AvgIpc) is 2.15. The summed E-state index contributed by atoms with van der Waals surface area (Å²) in [6.45, 7) is 1.48. The predicted octanol–water partition coefficient (Wildman–Crippen LogP) is 3.14. The molecule has 2 nitrogen and oxygen atoms in total. The molecule has 0 radical (unpaired) electrons. The van der Waals surface area contributed by atoms with Gasteiger partial charge < -0.3 is 0 Å². The molecule has 88 valence electrons. The molecule has 0 heterocycles. The van der Waals surface area contributed by atoms with Crippen LogP contribution in [0.5, 0.6) is 0 Å². The Labute approximate surface area is 98.8 Å². The monoisotopic (exact) mass is 262 g/mol. The lowest BCUT2D eigenvalue weighted by atomic mass is 9.82. The molecule has 0 aliphatic heterocycles. The third kappa shape index (κ3) is 2.09. The van der Waals surface area contributed by atoms with Crippen LogP contribution in [0, 0.1) is 0 Å². The molecule has 0 saturated carbocycles. The number of alkyl halides is 1. The molecular weight excluding hydrogens is 251 g/mol. The van der Waals surface area contributed by atoms with E-state index in [1.807, 2.05) is 0 Å². The number of benzene rings is 1. The smallest absolute Gasteiger partial charge is 0.239 e. The first-order valence-corrected chi connectivity index (χ1v) is 7.39. The zero-order chi connectivity index (χ0) is 12.0. The van der Waals surface area contributed by atoms with Crippen LogP contribution in [0.3, 0.4) is 0 Å². The minimum atomic E-state index is -3.78. The normalized spacial score (nSPS) is 25.2. The Morgan fingerprint density at radius 1 is 1.44 bits per heavy atom. The van der Waals surface area contributed by atoms with Crippen molar-refractivity contribution in [2.24, 2.45) is 0 Å². The second-order valence-corrected chi connectivity index (χ2v) is 6.87. The van der Waals surface area contributed by atoms with Gasteiger partial charge in [0, 0.05) is 10.7 Å². The number of fused-ring (bicyclic) bond motifs is 1. The number of aryl methyl sites for hydroxylation is 1. The average molecular weight is 263 g/mol. The lowest BCUT2D eigenvalue weighted by Crippen LogP contribution is -2.22. The first-order valence-electron chi connectivity index (χ1n) is 5.08. The summed E-state index contributed by atoms with van der Waals surface area (Å²) in [6.07, 6.45) is 2.00. The molecule has 0 amide bonds. The molecule has 1 aliphatic rings. The van der Waals surface area contributed by atoms with Crippen molar-refractivity contribution < 1.29 is 12.8 Å². The minimum Gasteiger partial charge on any atom is -0.239 e. The molecule has 1 aliphatic carbocycles. The summed E-state index contributed by atoms with van der Waals surface area (Å²) in [5.41, 5.74) is -0.119. The molecule has 5 heteroatoms. The fourth-order valence-electron chi connectivity index (χ4n) is 2.16. The Morgan fingerprint density at radius 2 is 2.12 bits per heavy atom. The van der Waals surface area contributed by atoms with Crippen molar-refractivity contribution in [2.45, 2.75) is 36.8 Å². The number of hydrogen-bond acceptors (Lipinski definition) is 2. The maximum Gasteiger partial charge on any atom is 0.261 e. The van der Waals surface area contributed by atoms with Gasteiger partial charge in [-0.15, -0.1) is 0 Å². The van der Waals surface area contributed by atoms with Gasteiger partial charge in [0.1, 0.15) is 5.67 Å². The van der Waals surface area contributed by atoms with E-state index in [0.29, 0.717) is 12.0 Å². The van der Waals surface area contributed by atoms with Crippen LogP contribution in [0.15, 0.2) is 23.1 Å². The summed E-state index contributed by atoms with van der Waals surface area (Å²) in [5, 5.41) is 0. The number of rotatable bonds is 1. The van der Waals surface area contributed by atoms with Crippen LogP contribution in [-0.4, -0.2) is 8.42 Å². The topological polar surface area (TPSA) is 34.1 Å². The highest BCUT2D eigenvalue weighted by molar-refractivity contribution is 8.13. The molecule has 0 aromatic heterocycles. The van der Waals surface area contributed by atoms with Crippen molar-refractivity contribution in [3.63, 3.8) is 0 Å². The van der Waals surface area contributed by atoms with E-state index >= 15 is 0 Å². The highest BCUT2D eigenvalue weighted by Gasteiger charge is 2.32. The molecule has 1 unspecified atom stereocenters. The standard InChI is InChI=1S/C11H12ClFO2S/c1-11(13)6-2-3-8-4-5-9(7-10(8)11)16(12,14)15/h4-5,7H,2-3,6H2,1H3. The summed E-state index contributed by atoms with van der Waals surface area (Å²) in [5.74, 6) is 0. The quantitative estimate of drug-likeness (QED) is 0.729. The van der Waals surface area contributed by atoms with Crippen molar-refractivity contribution in [3.8, 4) is 0 Å². The van der Waals surface area contributed by atoms with Gasteiger partial charge in [-0.3, -0.25) is 0 Å². The molecule has 2 rings (SSSR count). The van der Waals surface area contributed by atoms with E-state index in [9.17, 15) is 12.8 Å². The SMILES string of the molecule is CC1(F)CCCc2ccc(S(=O)(=O)Cl)cc21. The molecule has 16 heavy (non-hydrogen) atoms. The van der Waals surface area contributed by atoms with E-state index < -0.39 is 14.7 Å². The van der Waals surface area contributed by atoms with E-state index in [1.165, 1.54) is 19.1 Å². The fraction of sp³-hybridized carbons (Fsp3) is 0.455. The van der Waals surface area contributed by atoms with Crippen LogP contribution in [0.25, 0.3) is 0 Å². The van der Waals surface area contributed by atoms with Crippen molar-refractivity contribution in [1.29, 1.82) is 0 Å². The van der Waals surface area contributed by atoms with Gasteiger partial charge in [-0.05, 0) is 49.4 Å².